The zero-order valence-electron chi connectivity index (χ0n) is 21.6. The molecule has 2 saturated heterocycles. The van der Waals surface area contributed by atoms with Gasteiger partial charge >= 0.3 is 0 Å². The molecule has 0 unspecified atom stereocenters. The Morgan fingerprint density at radius 1 is 1.08 bits per heavy atom. The first kappa shape index (κ1) is 25.6. The summed E-state index contributed by atoms with van der Waals surface area (Å²) in [6.07, 6.45) is 5.92. The molecule has 6 rings (SSSR count). The first-order chi connectivity index (χ1) is 18.9. The molecule has 3 aromatic heterocycles. The molecule has 3 atom stereocenters. The first-order valence-corrected chi connectivity index (χ1v) is 13.2. The number of ether oxygens (including phenoxy) is 1. The van der Waals surface area contributed by atoms with E-state index in [-0.39, 0.29) is 29.1 Å². The third-order valence-corrected chi connectivity index (χ3v) is 7.74. The van der Waals surface area contributed by atoms with E-state index in [0.717, 1.165) is 18.5 Å². The Hall–Kier alpha value is -3.67. The SMILES string of the molecule is C[C@H]1CN(c2ccncc2Nc2ncc3ccc(-c4c(F)cc(C5CCOCC5)cc4F)nn23)C[C@@H](N)[C@@H]1O. The lowest BCUT2D eigenvalue weighted by atomic mass is 9.90. The minimum atomic E-state index is -0.648. The van der Waals surface area contributed by atoms with E-state index < -0.39 is 17.7 Å². The van der Waals surface area contributed by atoms with Gasteiger partial charge in [-0.15, -0.1) is 0 Å². The van der Waals surface area contributed by atoms with E-state index >= 15 is 8.78 Å². The van der Waals surface area contributed by atoms with Crippen LogP contribution in [-0.4, -0.2) is 63.1 Å². The zero-order valence-corrected chi connectivity index (χ0v) is 21.6. The molecule has 5 heterocycles. The first-order valence-electron chi connectivity index (χ1n) is 13.2. The molecule has 1 aromatic carbocycles. The van der Waals surface area contributed by atoms with Gasteiger partial charge in [0.15, 0.2) is 0 Å². The van der Waals surface area contributed by atoms with Crippen molar-refractivity contribution in [2.45, 2.75) is 37.8 Å². The molecule has 0 spiro atoms. The lowest BCUT2D eigenvalue weighted by Gasteiger charge is -2.40. The molecular formula is C28H31F2N7O2. The summed E-state index contributed by atoms with van der Waals surface area (Å²) < 4.78 is 37.5. The average Bonchev–Trinajstić information content (AvgIpc) is 3.34. The second-order valence-corrected chi connectivity index (χ2v) is 10.4. The average molecular weight is 536 g/mol. The van der Waals surface area contributed by atoms with Crippen LogP contribution in [-0.2, 0) is 4.74 Å². The predicted octanol–water partition coefficient (Wildman–Crippen LogP) is 3.85. The maximum absolute atomic E-state index is 15.3. The van der Waals surface area contributed by atoms with Crippen molar-refractivity contribution < 1.29 is 18.6 Å². The number of aromatic nitrogens is 4. The van der Waals surface area contributed by atoms with E-state index in [4.69, 9.17) is 10.5 Å². The Bertz CT molecular complexity index is 1460. The van der Waals surface area contributed by atoms with Crippen LogP contribution in [0.5, 0.6) is 0 Å². The summed E-state index contributed by atoms with van der Waals surface area (Å²) in [5, 5.41) is 18.1. The lowest BCUT2D eigenvalue weighted by molar-refractivity contribution is 0.0785. The van der Waals surface area contributed by atoms with E-state index in [1.165, 1.54) is 16.6 Å². The van der Waals surface area contributed by atoms with E-state index in [9.17, 15) is 5.11 Å². The monoisotopic (exact) mass is 535 g/mol. The van der Waals surface area contributed by atoms with Crippen LogP contribution in [0.15, 0.2) is 48.9 Å². The molecule has 0 saturated carbocycles. The molecule has 0 bridgehead atoms. The van der Waals surface area contributed by atoms with Crippen molar-refractivity contribution in [3.8, 4) is 11.3 Å². The maximum atomic E-state index is 15.3. The molecule has 9 nitrogen and oxygen atoms in total. The predicted molar refractivity (Wildman–Crippen MR) is 144 cm³/mol. The van der Waals surface area contributed by atoms with Gasteiger partial charge in [0.05, 0.1) is 46.6 Å². The molecule has 11 heteroatoms. The summed E-state index contributed by atoms with van der Waals surface area (Å²) in [6, 6.07) is 7.64. The number of hydrogen-bond donors (Lipinski definition) is 3. The van der Waals surface area contributed by atoms with Crippen LogP contribution < -0.4 is 16.0 Å². The fourth-order valence-electron chi connectivity index (χ4n) is 5.60. The standard InChI is InChI=1S/C28H31F2N7O2/c1-16-14-36(15-22(31)27(16)38)25-4-7-32-13-24(25)34-28-33-12-19-2-3-23(35-37(19)28)26-20(29)10-18(11-21(26)30)17-5-8-39-9-6-17/h2-4,7,10-13,16-17,22,27,38H,5-6,8-9,14-15,31H2,1H3,(H,33,34)/t16-,22+,27+/m0/s1. The van der Waals surface area contributed by atoms with E-state index in [1.807, 2.05) is 13.0 Å². The number of nitrogens with one attached hydrogen (secondary N) is 1. The molecule has 2 aliphatic rings. The van der Waals surface area contributed by atoms with Gasteiger partial charge in [0.2, 0.25) is 5.95 Å². The number of nitrogens with zero attached hydrogens (tertiary/aromatic N) is 5. The fourth-order valence-corrected chi connectivity index (χ4v) is 5.60. The number of imidazole rings is 1. The normalized spacial score (nSPS) is 22.4. The Balaban J connectivity index is 1.32. The number of hydrogen-bond acceptors (Lipinski definition) is 8. The van der Waals surface area contributed by atoms with E-state index in [2.05, 4.69) is 25.3 Å². The lowest BCUT2D eigenvalue weighted by Crippen LogP contribution is -2.55. The maximum Gasteiger partial charge on any atom is 0.229 e. The quantitative estimate of drug-likeness (QED) is 0.353. The van der Waals surface area contributed by atoms with Crippen molar-refractivity contribution >= 4 is 22.8 Å². The minimum Gasteiger partial charge on any atom is -0.391 e. The van der Waals surface area contributed by atoms with Crippen molar-refractivity contribution in [2.24, 2.45) is 11.7 Å². The van der Waals surface area contributed by atoms with Crippen LogP contribution in [0.1, 0.15) is 31.2 Å². The van der Waals surface area contributed by atoms with Gasteiger partial charge in [-0.05, 0) is 54.7 Å². The molecular weight excluding hydrogens is 504 g/mol. The van der Waals surface area contributed by atoms with Gasteiger partial charge in [-0.1, -0.05) is 6.92 Å². The molecule has 0 radical (unpaired) electrons. The Kier molecular flexibility index (Phi) is 6.88. The second-order valence-electron chi connectivity index (χ2n) is 10.4. The van der Waals surface area contributed by atoms with Gasteiger partial charge in [-0.25, -0.2) is 13.8 Å². The van der Waals surface area contributed by atoms with Crippen LogP contribution >= 0.6 is 0 Å². The van der Waals surface area contributed by atoms with Crippen molar-refractivity contribution in [3.05, 3.63) is 66.1 Å². The van der Waals surface area contributed by atoms with Crippen LogP contribution in [0.4, 0.5) is 26.1 Å². The summed E-state index contributed by atoms with van der Waals surface area (Å²) >= 11 is 0. The molecule has 39 heavy (non-hydrogen) atoms. The minimum absolute atomic E-state index is 0.00567. The number of rotatable bonds is 5. The van der Waals surface area contributed by atoms with Crippen molar-refractivity contribution in [1.29, 1.82) is 0 Å². The molecule has 204 valence electrons. The zero-order chi connectivity index (χ0) is 27.1. The number of piperidine rings is 1. The summed E-state index contributed by atoms with van der Waals surface area (Å²) in [4.78, 5) is 10.8. The van der Waals surface area contributed by atoms with Crippen molar-refractivity contribution in [2.75, 3.05) is 36.5 Å². The van der Waals surface area contributed by atoms with Crippen LogP contribution in [0.25, 0.3) is 16.8 Å². The molecule has 2 fully saturated rings. The van der Waals surface area contributed by atoms with Gasteiger partial charge in [0, 0.05) is 44.5 Å². The molecule has 4 aromatic rings. The molecule has 2 aliphatic heterocycles. The highest BCUT2D eigenvalue weighted by molar-refractivity contribution is 5.74. The largest absolute Gasteiger partial charge is 0.391 e. The van der Waals surface area contributed by atoms with E-state index in [1.54, 1.807) is 30.7 Å². The third kappa shape index (κ3) is 4.93. The summed E-state index contributed by atoms with van der Waals surface area (Å²) in [6.45, 7) is 4.26. The topological polar surface area (TPSA) is 114 Å². The van der Waals surface area contributed by atoms with Crippen LogP contribution in [0.2, 0.25) is 0 Å². The summed E-state index contributed by atoms with van der Waals surface area (Å²) in [7, 11) is 0. The molecule has 0 amide bonds. The number of aliphatic hydroxyl groups is 1. The van der Waals surface area contributed by atoms with Gasteiger partial charge < -0.3 is 25.8 Å². The number of anilines is 3. The van der Waals surface area contributed by atoms with E-state index in [0.29, 0.717) is 49.0 Å². The number of aliphatic hydroxyl groups excluding tert-OH is 1. The summed E-state index contributed by atoms with van der Waals surface area (Å²) in [5.74, 6) is -0.856. The number of benzene rings is 1. The highest BCUT2D eigenvalue weighted by Gasteiger charge is 2.32. The highest BCUT2D eigenvalue weighted by atomic mass is 19.1. The number of pyridine rings is 1. The highest BCUT2D eigenvalue weighted by Crippen LogP contribution is 2.34. The van der Waals surface area contributed by atoms with Crippen LogP contribution in [0.3, 0.4) is 0 Å². The Labute approximate surface area is 224 Å². The van der Waals surface area contributed by atoms with Gasteiger partial charge in [0.25, 0.3) is 0 Å². The van der Waals surface area contributed by atoms with Crippen molar-refractivity contribution in [1.82, 2.24) is 19.6 Å². The third-order valence-electron chi connectivity index (χ3n) is 7.74. The van der Waals surface area contributed by atoms with Gasteiger partial charge in [-0.3, -0.25) is 4.98 Å². The van der Waals surface area contributed by atoms with Gasteiger partial charge in [0.1, 0.15) is 11.6 Å². The van der Waals surface area contributed by atoms with Gasteiger partial charge in [-0.2, -0.15) is 9.61 Å². The Morgan fingerprint density at radius 3 is 2.59 bits per heavy atom. The summed E-state index contributed by atoms with van der Waals surface area (Å²) in [5.41, 5.74) is 9.00. The number of nitrogens with two attached hydrogens (primary N) is 1. The molecule has 0 aliphatic carbocycles. The smallest absolute Gasteiger partial charge is 0.229 e. The fraction of sp³-hybridized carbons (Fsp3) is 0.393. The number of halogens is 2. The number of fused-ring (bicyclic) bond motifs is 1. The second kappa shape index (κ2) is 10.5. The van der Waals surface area contributed by atoms with Crippen molar-refractivity contribution in [3.63, 3.8) is 0 Å². The molecule has 4 N–H and O–H groups in total. The van der Waals surface area contributed by atoms with Crippen LogP contribution in [0, 0.1) is 17.6 Å². The Morgan fingerprint density at radius 2 is 1.85 bits per heavy atom.